The zero-order valence-corrected chi connectivity index (χ0v) is 18.5. The van der Waals surface area contributed by atoms with Crippen LogP contribution in [0.3, 0.4) is 0 Å². The molecule has 28 heavy (non-hydrogen) atoms. The molecule has 0 bridgehead atoms. The van der Waals surface area contributed by atoms with Gasteiger partial charge in [0.05, 0.1) is 21.3 Å². The Morgan fingerprint density at radius 2 is 1.89 bits per heavy atom. The molecule has 1 atom stereocenters. The van der Waals surface area contributed by atoms with E-state index in [1.165, 1.54) is 11.6 Å². The molecule has 0 radical (unpaired) electrons. The second-order valence-electron chi connectivity index (χ2n) is 7.74. The number of rotatable bonds is 3. The number of halogens is 3. The minimum atomic E-state index is -0.376. The van der Waals surface area contributed by atoms with Crippen molar-refractivity contribution in [2.75, 3.05) is 11.9 Å². The van der Waals surface area contributed by atoms with Gasteiger partial charge in [0.25, 0.3) is 5.91 Å². The van der Waals surface area contributed by atoms with Gasteiger partial charge in [-0.05, 0) is 62.1 Å². The summed E-state index contributed by atoms with van der Waals surface area (Å²) in [6.45, 7) is 6.68. The SMILES string of the molecule is C[C@@H]1CC(C)(C)N(C)c2cc(Cl)c(/C=N\NC(=O)c3ccc(Cl)c(Cl)c3)cc21. The lowest BCUT2D eigenvalue weighted by Gasteiger charge is -2.45. The number of carbonyl (C=O) groups excluding carboxylic acids is 1. The van der Waals surface area contributed by atoms with Crippen LogP contribution in [0, 0.1) is 0 Å². The molecule has 0 saturated carbocycles. The van der Waals surface area contributed by atoms with Crippen molar-refractivity contribution in [2.24, 2.45) is 5.10 Å². The number of fused-ring (bicyclic) bond motifs is 1. The van der Waals surface area contributed by atoms with E-state index in [2.05, 4.69) is 43.2 Å². The lowest BCUT2D eigenvalue weighted by molar-refractivity contribution is 0.0955. The third-order valence-electron chi connectivity index (χ3n) is 5.30. The van der Waals surface area contributed by atoms with Gasteiger partial charge >= 0.3 is 0 Å². The second-order valence-corrected chi connectivity index (χ2v) is 8.96. The smallest absolute Gasteiger partial charge is 0.271 e. The summed E-state index contributed by atoms with van der Waals surface area (Å²) in [6.07, 6.45) is 2.60. The Labute approximate surface area is 180 Å². The Morgan fingerprint density at radius 3 is 2.57 bits per heavy atom. The first-order chi connectivity index (χ1) is 13.1. The molecule has 0 saturated heterocycles. The maximum absolute atomic E-state index is 12.2. The van der Waals surface area contributed by atoms with Crippen LogP contribution in [0.5, 0.6) is 0 Å². The maximum Gasteiger partial charge on any atom is 0.271 e. The van der Waals surface area contributed by atoms with Gasteiger partial charge in [0.15, 0.2) is 0 Å². The molecular weight excluding hydrogens is 417 g/mol. The van der Waals surface area contributed by atoms with Crippen molar-refractivity contribution in [3.05, 3.63) is 62.1 Å². The Balaban J connectivity index is 1.80. The van der Waals surface area contributed by atoms with Crippen LogP contribution in [-0.4, -0.2) is 24.7 Å². The summed E-state index contributed by atoms with van der Waals surface area (Å²) in [4.78, 5) is 14.5. The fourth-order valence-corrected chi connectivity index (χ4v) is 4.07. The Kier molecular flexibility index (Phi) is 5.95. The number of nitrogens with one attached hydrogen (secondary N) is 1. The molecule has 0 aromatic heterocycles. The Bertz CT molecular complexity index is 956. The van der Waals surface area contributed by atoms with E-state index in [4.69, 9.17) is 34.8 Å². The highest BCUT2D eigenvalue weighted by Gasteiger charge is 2.34. The number of benzene rings is 2. The Morgan fingerprint density at radius 1 is 1.18 bits per heavy atom. The second kappa shape index (κ2) is 7.94. The fraction of sp³-hybridized carbons (Fsp3) is 0.333. The molecule has 1 amide bonds. The van der Waals surface area contributed by atoms with Gasteiger partial charge in [-0.25, -0.2) is 5.43 Å². The first kappa shape index (κ1) is 21.0. The third kappa shape index (κ3) is 4.14. The van der Waals surface area contributed by atoms with Gasteiger partial charge < -0.3 is 4.90 Å². The summed E-state index contributed by atoms with van der Waals surface area (Å²) < 4.78 is 0. The predicted molar refractivity (Wildman–Crippen MR) is 118 cm³/mol. The van der Waals surface area contributed by atoms with Crippen molar-refractivity contribution in [1.82, 2.24) is 5.43 Å². The molecule has 4 nitrogen and oxygen atoms in total. The van der Waals surface area contributed by atoms with E-state index in [0.29, 0.717) is 26.5 Å². The van der Waals surface area contributed by atoms with E-state index in [9.17, 15) is 4.79 Å². The van der Waals surface area contributed by atoms with Gasteiger partial charge in [0.1, 0.15) is 0 Å². The van der Waals surface area contributed by atoms with Crippen LogP contribution in [0.4, 0.5) is 5.69 Å². The molecular formula is C21H22Cl3N3O. The van der Waals surface area contributed by atoms with Crippen LogP contribution in [0.1, 0.15) is 54.6 Å². The van der Waals surface area contributed by atoms with Crippen LogP contribution in [0.15, 0.2) is 35.4 Å². The summed E-state index contributed by atoms with van der Waals surface area (Å²) >= 11 is 18.3. The maximum atomic E-state index is 12.2. The minimum Gasteiger partial charge on any atom is -0.369 e. The average Bonchev–Trinajstić information content (AvgIpc) is 2.62. The van der Waals surface area contributed by atoms with Gasteiger partial charge in [-0.2, -0.15) is 5.10 Å². The molecule has 0 unspecified atom stereocenters. The summed E-state index contributed by atoms with van der Waals surface area (Å²) in [5, 5.41) is 5.35. The van der Waals surface area contributed by atoms with Crippen molar-refractivity contribution in [2.45, 2.75) is 38.6 Å². The number of amides is 1. The minimum absolute atomic E-state index is 0.0686. The number of hydrogen-bond acceptors (Lipinski definition) is 3. The van der Waals surface area contributed by atoms with Gasteiger partial charge in [0.2, 0.25) is 0 Å². The van der Waals surface area contributed by atoms with Crippen molar-refractivity contribution < 1.29 is 4.79 Å². The van der Waals surface area contributed by atoms with E-state index < -0.39 is 0 Å². The highest BCUT2D eigenvalue weighted by molar-refractivity contribution is 6.42. The first-order valence-corrected chi connectivity index (χ1v) is 10.1. The molecule has 1 aliphatic rings. The molecule has 7 heteroatoms. The van der Waals surface area contributed by atoms with E-state index in [1.54, 1.807) is 18.3 Å². The first-order valence-electron chi connectivity index (χ1n) is 8.96. The summed E-state index contributed by atoms with van der Waals surface area (Å²) in [7, 11) is 2.09. The molecule has 2 aromatic carbocycles. The monoisotopic (exact) mass is 437 g/mol. The third-order valence-corrected chi connectivity index (χ3v) is 6.37. The van der Waals surface area contributed by atoms with E-state index in [0.717, 1.165) is 17.7 Å². The fourth-order valence-electron chi connectivity index (χ4n) is 3.57. The molecule has 0 spiro atoms. The zero-order chi connectivity index (χ0) is 20.6. The van der Waals surface area contributed by atoms with Crippen molar-refractivity contribution in [3.8, 4) is 0 Å². The lowest BCUT2D eigenvalue weighted by Crippen LogP contribution is -2.45. The molecule has 0 aliphatic carbocycles. The number of nitrogens with zero attached hydrogens (tertiary/aromatic N) is 2. The van der Waals surface area contributed by atoms with Crippen LogP contribution in [-0.2, 0) is 0 Å². The topological polar surface area (TPSA) is 44.7 Å². The van der Waals surface area contributed by atoms with Crippen molar-refractivity contribution in [3.63, 3.8) is 0 Å². The molecule has 3 rings (SSSR count). The molecule has 148 valence electrons. The number of carbonyl (C=O) groups is 1. The van der Waals surface area contributed by atoms with Crippen LogP contribution in [0.2, 0.25) is 15.1 Å². The van der Waals surface area contributed by atoms with Gasteiger partial charge in [-0.1, -0.05) is 41.7 Å². The largest absolute Gasteiger partial charge is 0.369 e. The van der Waals surface area contributed by atoms with Gasteiger partial charge in [-0.15, -0.1) is 0 Å². The summed E-state index contributed by atoms with van der Waals surface area (Å²) in [5.41, 5.74) is 6.05. The van der Waals surface area contributed by atoms with Crippen LogP contribution in [0.25, 0.3) is 0 Å². The molecule has 1 aliphatic heterocycles. The lowest BCUT2D eigenvalue weighted by atomic mass is 9.80. The van der Waals surface area contributed by atoms with Crippen molar-refractivity contribution >= 4 is 52.6 Å². The molecule has 1 heterocycles. The molecule has 0 fully saturated rings. The van der Waals surface area contributed by atoms with Crippen LogP contribution < -0.4 is 10.3 Å². The highest BCUT2D eigenvalue weighted by Crippen LogP contribution is 2.44. The summed E-state index contributed by atoms with van der Waals surface area (Å²) in [5.74, 6) is 0.0233. The normalized spacial score (nSPS) is 18.2. The predicted octanol–water partition coefficient (Wildman–Crippen LogP) is 6.13. The average molecular weight is 439 g/mol. The van der Waals surface area contributed by atoms with Crippen LogP contribution >= 0.6 is 34.8 Å². The standard InChI is InChI=1S/C21H22Cl3N3O/c1-12-10-21(2,3)27(4)19-9-17(23)14(7-15(12)19)11-25-26-20(28)13-5-6-16(22)18(24)8-13/h5-9,11-12H,10H2,1-4H3,(H,26,28)/b25-11-/t12-/m1/s1. The van der Waals surface area contributed by atoms with Gasteiger partial charge in [0, 0.05) is 29.4 Å². The zero-order valence-electron chi connectivity index (χ0n) is 16.2. The number of anilines is 1. The Hall–Kier alpha value is -1.75. The van der Waals surface area contributed by atoms with E-state index >= 15 is 0 Å². The number of hydrazone groups is 1. The van der Waals surface area contributed by atoms with E-state index in [1.807, 2.05) is 12.1 Å². The van der Waals surface area contributed by atoms with E-state index in [-0.39, 0.29) is 11.4 Å². The summed E-state index contributed by atoms with van der Waals surface area (Å²) in [6, 6.07) is 8.67. The highest BCUT2D eigenvalue weighted by atomic mass is 35.5. The van der Waals surface area contributed by atoms with Crippen molar-refractivity contribution in [1.29, 1.82) is 0 Å². The van der Waals surface area contributed by atoms with Gasteiger partial charge in [-0.3, -0.25) is 4.79 Å². The molecule has 1 N–H and O–H groups in total. The molecule has 2 aromatic rings. The number of hydrogen-bond donors (Lipinski definition) is 1. The quantitative estimate of drug-likeness (QED) is 0.462.